The number of phenolic OH excluding ortho intramolecular Hbond substituents is 2. The molecular weight excluding hydrogens is 1160 g/mol. The van der Waals surface area contributed by atoms with Crippen molar-refractivity contribution >= 4 is 39.9 Å². The van der Waals surface area contributed by atoms with E-state index in [4.69, 9.17) is 32.5 Å². The molecule has 14 nitrogen and oxygen atoms in total. The van der Waals surface area contributed by atoms with Gasteiger partial charge < -0.3 is 28.8 Å². The molecule has 0 fully saturated rings. The van der Waals surface area contributed by atoms with Crippen LogP contribution in [0.3, 0.4) is 0 Å². The zero-order valence-electron chi connectivity index (χ0n) is 41.3. The van der Waals surface area contributed by atoms with E-state index < -0.39 is 78.7 Å². The summed E-state index contributed by atoms with van der Waals surface area (Å²) in [5, 5.41) is 17.7. The van der Waals surface area contributed by atoms with Gasteiger partial charge in [-0.2, -0.15) is 0 Å². The van der Waals surface area contributed by atoms with Gasteiger partial charge in [0.2, 0.25) is 19.7 Å². The van der Waals surface area contributed by atoms with Gasteiger partial charge >= 0.3 is 103 Å². The van der Waals surface area contributed by atoms with Crippen LogP contribution in [-0.4, -0.2) is 53.0 Å². The molecule has 78 heavy (non-hydrogen) atoms. The zero-order chi connectivity index (χ0) is 56.2. The number of ether oxygens (including phenoxy) is 2. The van der Waals surface area contributed by atoms with E-state index >= 15 is 0 Å². The monoisotopic (exact) mass is 1190 g/mol. The molecule has 0 atom stereocenters. The summed E-state index contributed by atoms with van der Waals surface area (Å²) in [6.07, 6.45) is 10.4. The summed E-state index contributed by atoms with van der Waals surface area (Å²) in [6, 6.07) is 35.6. The molecule has 0 aliphatic carbocycles. The first-order valence-corrected chi connectivity index (χ1v) is 27.0. The van der Waals surface area contributed by atoms with Gasteiger partial charge in [0.1, 0.15) is 82.9 Å². The predicted molar refractivity (Wildman–Crippen MR) is 267 cm³/mol. The smallest absolute Gasteiger partial charge is 0.744 e. The third-order valence-corrected chi connectivity index (χ3v) is 15.2. The van der Waals surface area contributed by atoms with Gasteiger partial charge in [0.15, 0.2) is 0 Å². The Morgan fingerprint density at radius 3 is 1.29 bits per heavy atom. The largest absolute Gasteiger partial charge is 1.00 e. The number of rotatable bonds is 10. The summed E-state index contributed by atoms with van der Waals surface area (Å²) < 4.78 is 178. The topological polar surface area (TPSA) is 242 Å². The maximum Gasteiger partial charge on any atom is 1.00 e. The summed E-state index contributed by atoms with van der Waals surface area (Å²) in [6.45, 7) is 3.70. The van der Waals surface area contributed by atoms with Crippen molar-refractivity contribution in [3.63, 3.8) is 0 Å². The average molecular weight is 1190 g/mol. The number of phenols is 2. The molecule has 0 saturated carbocycles. The molecular formula is C54H38F4K2O14S4. The summed E-state index contributed by atoms with van der Waals surface area (Å²) >= 11 is 0. The third kappa shape index (κ3) is 19.0. The van der Waals surface area contributed by atoms with Gasteiger partial charge in [-0.3, -0.25) is 0 Å². The average Bonchev–Trinajstić information content (AvgIpc) is 3.36. The fourth-order valence-corrected chi connectivity index (χ4v) is 9.86. The molecule has 0 amide bonds. The van der Waals surface area contributed by atoms with Gasteiger partial charge in [-0.25, -0.2) is 51.2 Å². The maximum atomic E-state index is 12.9. The van der Waals surface area contributed by atoms with Crippen LogP contribution in [0.15, 0.2) is 199 Å². The Balaban J connectivity index is 0.000000320. The summed E-state index contributed by atoms with van der Waals surface area (Å²) in [5.41, 5.74) is 2.34. The molecule has 2 N–H and O–H groups in total. The standard InChI is InChI=1S/C28H22O7S2.C12H8F2O2S.C8H4F2.C6H6O5S.2K/c1-4-21-8-5-20(3)17-27(21)35-23-11-16-26(28(18-23)37(31,32)33)34-22-9-14-25(15-10-22)36(29,30)24-12-6-19(2)7-13-24;13-9-1-5-11(6-2-9)17(15,16)12-7-3-10(14)4-8-12;1-2-6-3-4-7(9)5-8(6)10;7-4-1-2-5(8)6(3-4)12(9,10)11;;/h1,5-18H,2-3H3,(H,31,32,33);1-8H;1,3-5H;1-3,7-8H,(H,9,10,11);;/q;;;;2*+1/p-2. The number of hydrogen-bond donors (Lipinski definition) is 2. The van der Waals surface area contributed by atoms with E-state index in [0.29, 0.717) is 17.4 Å². The van der Waals surface area contributed by atoms with Crippen molar-refractivity contribution in [2.45, 2.75) is 43.2 Å². The van der Waals surface area contributed by atoms with Gasteiger partial charge in [0, 0.05) is 18.2 Å². The van der Waals surface area contributed by atoms with Gasteiger partial charge in [0.05, 0.1) is 35.6 Å². The number of terminal acetylenes is 2. The Morgan fingerprint density at radius 1 is 0.436 bits per heavy atom. The van der Waals surface area contributed by atoms with E-state index in [-0.39, 0.29) is 151 Å². The Bertz CT molecular complexity index is 3900. The van der Waals surface area contributed by atoms with Crippen molar-refractivity contribution in [3.05, 3.63) is 215 Å². The summed E-state index contributed by atoms with van der Waals surface area (Å²) in [4.78, 5) is -1.33. The summed E-state index contributed by atoms with van der Waals surface area (Å²) in [5.74, 6) is 1.49. The molecule has 8 aromatic rings. The Hall–Kier alpha value is -5.21. The summed E-state index contributed by atoms with van der Waals surface area (Å²) in [7, 11) is -17.1. The molecule has 0 aliphatic rings. The Kier molecular flexibility index (Phi) is 25.2. The van der Waals surface area contributed by atoms with Gasteiger partial charge in [-0.1, -0.05) is 35.6 Å². The van der Waals surface area contributed by atoms with Crippen molar-refractivity contribution < 1.29 is 183 Å². The fourth-order valence-electron chi connectivity index (χ4n) is 6.13. The van der Waals surface area contributed by atoms with E-state index in [1.807, 2.05) is 19.9 Å². The first-order valence-electron chi connectivity index (χ1n) is 21.2. The van der Waals surface area contributed by atoms with E-state index in [9.17, 15) is 60.3 Å². The first-order chi connectivity index (χ1) is 35.6. The van der Waals surface area contributed by atoms with Gasteiger partial charge in [-0.15, -0.1) is 12.8 Å². The third-order valence-electron chi connectivity index (χ3n) is 9.95. The number of aromatic hydroxyl groups is 2. The minimum Gasteiger partial charge on any atom is -0.744 e. The van der Waals surface area contributed by atoms with Crippen LogP contribution in [0.2, 0.25) is 0 Å². The molecule has 0 unspecified atom stereocenters. The van der Waals surface area contributed by atoms with Crippen LogP contribution in [-0.2, 0) is 39.9 Å². The minimum atomic E-state index is -4.95. The Morgan fingerprint density at radius 2 is 0.846 bits per heavy atom. The van der Waals surface area contributed by atoms with Crippen molar-refractivity contribution in [2.75, 3.05) is 0 Å². The first kappa shape index (κ1) is 67.1. The molecule has 8 aromatic carbocycles. The molecule has 0 spiro atoms. The second-order valence-electron chi connectivity index (χ2n) is 15.5. The van der Waals surface area contributed by atoms with Crippen LogP contribution in [0.4, 0.5) is 17.6 Å². The van der Waals surface area contributed by atoms with E-state index in [0.717, 1.165) is 65.7 Å². The van der Waals surface area contributed by atoms with Crippen molar-refractivity contribution in [1.29, 1.82) is 0 Å². The van der Waals surface area contributed by atoms with Crippen LogP contribution in [0, 0.1) is 61.8 Å². The SMILES string of the molecule is C#Cc1ccc(C)cc1Oc1ccc(Oc2ccc(S(=O)(=O)c3ccc(C)cc3)cc2)c(S(=O)(=O)[O-])c1.C#Cc1ccc(F)cc1F.O=S(=O)([O-])c1cc(O)ccc1O.O=S(=O)(c1ccc(F)cc1)c1ccc(F)cc1.[K+].[K+]. The zero-order valence-corrected chi connectivity index (χ0v) is 50.8. The van der Waals surface area contributed by atoms with E-state index in [2.05, 4.69) is 11.8 Å². The molecule has 0 aliphatic heterocycles. The molecule has 0 bridgehead atoms. The number of hydrogen-bond acceptors (Lipinski definition) is 14. The predicted octanol–water partition coefficient (Wildman–Crippen LogP) is 4.36. The minimum absolute atomic E-state index is 0. The van der Waals surface area contributed by atoms with Crippen molar-refractivity contribution in [3.8, 4) is 59.2 Å². The normalized spacial score (nSPS) is 10.8. The van der Waals surface area contributed by atoms with E-state index in [1.165, 1.54) is 78.9 Å². The number of benzene rings is 8. The van der Waals surface area contributed by atoms with Crippen LogP contribution in [0.25, 0.3) is 0 Å². The van der Waals surface area contributed by atoms with Crippen LogP contribution in [0.1, 0.15) is 22.3 Å². The molecule has 0 saturated heterocycles. The van der Waals surface area contributed by atoms with Crippen LogP contribution >= 0.6 is 0 Å². The van der Waals surface area contributed by atoms with Crippen molar-refractivity contribution in [1.82, 2.24) is 0 Å². The number of sulfone groups is 2. The van der Waals surface area contributed by atoms with Crippen LogP contribution in [0.5, 0.6) is 34.5 Å². The number of halogens is 4. The van der Waals surface area contributed by atoms with Crippen molar-refractivity contribution in [2.24, 2.45) is 0 Å². The Labute approximate surface area is 533 Å². The molecule has 24 heteroatoms. The maximum absolute atomic E-state index is 12.9. The molecule has 0 aromatic heterocycles. The van der Waals surface area contributed by atoms with E-state index in [1.54, 1.807) is 24.3 Å². The quantitative estimate of drug-likeness (QED) is 0.0483. The van der Waals surface area contributed by atoms with Gasteiger partial charge in [-0.05, 0) is 153 Å². The van der Waals surface area contributed by atoms with Gasteiger partial charge in [0.25, 0.3) is 0 Å². The number of aryl methyl sites for hydroxylation is 2. The second kappa shape index (κ2) is 29.3. The second-order valence-corrected chi connectivity index (χ2v) is 22.1. The molecule has 8 rings (SSSR count). The molecule has 0 heterocycles. The molecule has 392 valence electrons. The van der Waals surface area contributed by atoms with Crippen LogP contribution < -0.4 is 112 Å². The fraction of sp³-hybridized carbons (Fsp3) is 0.0370. The molecule has 0 radical (unpaired) electrons.